The second-order valence-electron chi connectivity index (χ2n) is 3.83. The minimum absolute atomic E-state index is 0.308. The normalized spacial score (nSPS) is 35.8. The van der Waals surface area contributed by atoms with Gasteiger partial charge in [-0.05, 0) is 24.8 Å². The Morgan fingerprint density at radius 2 is 2.58 bits per heavy atom. The molecule has 0 aromatic heterocycles. The Kier molecular flexibility index (Phi) is 1.71. The molecule has 2 aliphatic rings. The lowest BCUT2D eigenvalue weighted by molar-refractivity contribution is 0.318. The summed E-state index contributed by atoms with van der Waals surface area (Å²) in [6, 6.07) is 0. The summed E-state index contributed by atoms with van der Waals surface area (Å²) in [6.07, 6.45) is 6.56. The minimum atomic E-state index is 0.308. The van der Waals surface area contributed by atoms with Crippen molar-refractivity contribution in [1.29, 1.82) is 0 Å². The van der Waals surface area contributed by atoms with Crippen molar-refractivity contribution in [1.82, 2.24) is 5.01 Å². The van der Waals surface area contributed by atoms with E-state index in [9.17, 15) is 0 Å². The molecule has 1 fully saturated rings. The van der Waals surface area contributed by atoms with Crippen molar-refractivity contribution in [2.45, 2.75) is 12.8 Å². The number of allylic oxidation sites excluding steroid dienone is 2. The summed E-state index contributed by atoms with van der Waals surface area (Å²) in [5.41, 5.74) is 0.308. The maximum Gasteiger partial charge on any atom is 0.0400 e. The lowest BCUT2D eigenvalue weighted by Gasteiger charge is -2.14. The molecule has 2 N–H and O–H groups in total. The van der Waals surface area contributed by atoms with Crippen molar-refractivity contribution in [3.05, 3.63) is 12.2 Å². The topological polar surface area (TPSA) is 29.3 Å². The Morgan fingerprint density at radius 3 is 3.25 bits per heavy atom. The van der Waals surface area contributed by atoms with Gasteiger partial charge in [0.25, 0.3) is 0 Å². The van der Waals surface area contributed by atoms with Gasteiger partial charge in [-0.3, -0.25) is 10.9 Å². The molecule has 0 radical (unpaired) electrons. The molecule has 0 amide bonds. The van der Waals surface area contributed by atoms with Gasteiger partial charge in [0.2, 0.25) is 0 Å². The fourth-order valence-corrected chi connectivity index (χ4v) is 1.80. The summed E-state index contributed by atoms with van der Waals surface area (Å²) < 4.78 is 0. The van der Waals surface area contributed by atoms with Gasteiger partial charge in [0.05, 0.1) is 0 Å². The van der Waals surface area contributed by atoms with Gasteiger partial charge in [-0.2, -0.15) is 0 Å². The summed E-state index contributed by atoms with van der Waals surface area (Å²) >= 11 is 0. The molecule has 1 saturated carbocycles. The van der Waals surface area contributed by atoms with Gasteiger partial charge in [0, 0.05) is 19.0 Å². The van der Waals surface area contributed by atoms with Crippen LogP contribution in [0.4, 0.5) is 0 Å². The predicted octanol–water partition coefficient (Wildman–Crippen LogP) is 0.761. The fraction of sp³-hybridized carbons (Fsp3) is 0.600. The van der Waals surface area contributed by atoms with Crippen molar-refractivity contribution in [2.24, 2.45) is 17.2 Å². The van der Waals surface area contributed by atoms with Crippen molar-refractivity contribution < 1.29 is 0 Å². The number of rotatable bonds is 3. The van der Waals surface area contributed by atoms with Crippen molar-refractivity contribution in [3.8, 4) is 11.8 Å². The highest BCUT2D eigenvalue weighted by molar-refractivity contribution is 5.36. The number of hydrazine groups is 1. The number of nitrogens with zero attached hydrogens (tertiary/aromatic N) is 1. The zero-order valence-electron chi connectivity index (χ0n) is 7.38. The van der Waals surface area contributed by atoms with Crippen LogP contribution in [0.3, 0.4) is 0 Å². The first-order valence-corrected chi connectivity index (χ1v) is 4.38. The summed E-state index contributed by atoms with van der Waals surface area (Å²) in [4.78, 5) is 0. The maximum atomic E-state index is 5.55. The van der Waals surface area contributed by atoms with Crippen LogP contribution in [0, 0.1) is 23.2 Å². The summed E-state index contributed by atoms with van der Waals surface area (Å²) in [5.74, 6) is 12.6. The number of fused-ring (bicyclic) bond motifs is 1. The molecule has 2 rings (SSSR count). The summed E-state index contributed by atoms with van der Waals surface area (Å²) in [5, 5.41) is 1.74. The molecule has 0 bridgehead atoms. The Morgan fingerprint density at radius 1 is 1.75 bits per heavy atom. The molecule has 12 heavy (non-hydrogen) atoms. The number of nitrogens with two attached hydrogens (primary N) is 1. The standard InChI is InChI=1S/C10H14N2/c1-12(11)7-6-10-5-3-2-4-9(10)8-10/h2,4,9H,6-8,11H2,1H3/t9-,10+/m0/s1. The molecule has 64 valence electrons. The molecule has 2 aliphatic carbocycles. The third-order valence-corrected chi connectivity index (χ3v) is 2.78. The maximum absolute atomic E-state index is 5.55. The Balaban J connectivity index is 1.93. The zero-order valence-corrected chi connectivity index (χ0v) is 7.38. The van der Waals surface area contributed by atoms with E-state index in [0.717, 1.165) is 18.9 Å². The predicted molar refractivity (Wildman–Crippen MR) is 48.9 cm³/mol. The third-order valence-electron chi connectivity index (χ3n) is 2.78. The minimum Gasteiger partial charge on any atom is -0.269 e. The quantitative estimate of drug-likeness (QED) is 0.377. The molecular weight excluding hydrogens is 148 g/mol. The van der Waals surface area contributed by atoms with Gasteiger partial charge < -0.3 is 0 Å². The number of hydrogen-bond acceptors (Lipinski definition) is 2. The lowest BCUT2D eigenvalue weighted by Crippen LogP contribution is -2.28. The van der Waals surface area contributed by atoms with Crippen LogP contribution in [0.25, 0.3) is 0 Å². The van der Waals surface area contributed by atoms with Crippen LogP contribution in [-0.2, 0) is 0 Å². The van der Waals surface area contributed by atoms with Crippen molar-refractivity contribution in [2.75, 3.05) is 13.6 Å². The highest BCUT2D eigenvalue weighted by atomic mass is 15.4. The van der Waals surface area contributed by atoms with Gasteiger partial charge in [0.1, 0.15) is 0 Å². The van der Waals surface area contributed by atoms with Crippen LogP contribution in [0.1, 0.15) is 12.8 Å². The molecular formula is C10H14N2. The van der Waals surface area contributed by atoms with E-state index in [4.69, 9.17) is 5.84 Å². The Bertz CT molecular complexity index is 269. The summed E-state index contributed by atoms with van der Waals surface area (Å²) in [7, 11) is 1.90. The van der Waals surface area contributed by atoms with Gasteiger partial charge in [-0.15, -0.1) is 0 Å². The molecule has 2 atom stereocenters. The van der Waals surface area contributed by atoms with Crippen LogP contribution in [0.15, 0.2) is 12.2 Å². The first kappa shape index (κ1) is 7.85. The van der Waals surface area contributed by atoms with Crippen LogP contribution in [0.5, 0.6) is 0 Å². The Labute approximate surface area is 73.4 Å². The second-order valence-corrected chi connectivity index (χ2v) is 3.83. The zero-order chi connectivity index (χ0) is 8.60. The molecule has 0 saturated heterocycles. The van der Waals surface area contributed by atoms with E-state index >= 15 is 0 Å². The SMILES string of the molecule is CN(N)CC[C@@]12C#CC=C[C@H]1C2. The summed E-state index contributed by atoms with van der Waals surface area (Å²) in [6.45, 7) is 0.943. The highest BCUT2D eigenvalue weighted by Crippen LogP contribution is 2.56. The van der Waals surface area contributed by atoms with E-state index in [0.29, 0.717) is 5.41 Å². The van der Waals surface area contributed by atoms with Crippen molar-refractivity contribution >= 4 is 0 Å². The second kappa shape index (κ2) is 2.62. The van der Waals surface area contributed by atoms with Gasteiger partial charge in [-0.25, -0.2) is 0 Å². The Hall–Kier alpha value is -0.780. The van der Waals surface area contributed by atoms with Crippen LogP contribution < -0.4 is 5.84 Å². The lowest BCUT2D eigenvalue weighted by atomic mass is 9.97. The van der Waals surface area contributed by atoms with Gasteiger partial charge in [0.15, 0.2) is 0 Å². The van der Waals surface area contributed by atoms with E-state index in [1.807, 2.05) is 13.1 Å². The monoisotopic (exact) mass is 162 g/mol. The smallest absolute Gasteiger partial charge is 0.0400 e. The van der Waals surface area contributed by atoms with E-state index in [1.54, 1.807) is 5.01 Å². The largest absolute Gasteiger partial charge is 0.269 e. The number of hydrogen-bond donors (Lipinski definition) is 1. The van der Waals surface area contributed by atoms with Crippen LogP contribution in [-0.4, -0.2) is 18.6 Å². The average molecular weight is 162 g/mol. The first-order valence-electron chi connectivity index (χ1n) is 4.38. The third kappa shape index (κ3) is 1.26. The molecule has 0 aromatic carbocycles. The van der Waals surface area contributed by atoms with Gasteiger partial charge >= 0.3 is 0 Å². The molecule has 2 nitrogen and oxygen atoms in total. The van der Waals surface area contributed by atoms with E-state index < -0.39 is 0 Å². The first-order chi connectivity index (χ1) is 5.73. The molecule has 0 heterocycles. The van der Waals surface area contributed by atoms with Crippen molar-refractivity contribution in [3.63, 3.8) is 0 Å². The van der Waals surface area contributed by atoms with Crippen LogP contribution >= 0.6 is 0 Å². The molecule has 0 aliphatic heterocycles. The van der Waals surface area contributed by atoms with Crippen LogP contribution in [0.2, 0.25) is 0 Å². The molecule has 0 spiro atoms. The van der Waals surface area contributed by atoms with E-state index in [1.165, 1.54) is 6.42 Å². The fourth-order valence-electron chi connectivity index (χ4n) is 1.80. The molecule has 0 aromatic rings. The molecule has 2 heteroatoms. The highest BCUT2D eigenvalue weighted by Gasteiger charge is 2.51. The van der Waals surface area contributed by atoms with Gasteiger partial charge in [-0.1, -0.05) is 17.9 Å². The molecule has 0 unspecified atom stereocenters. The van der Waals surface area contributed by atoms with E-state index in [2.05, 4.69) is 17.9 Å². The average Bonchev–Trinajstić information content (AvgIpc) is 2.75. The van der Waals surface area contributed by atoms with E-state index in [-0.39, 0.29) is 0 Å².